The molecule has 1 aliphatic rings. The van der Waals surface area contributed by atoms with E-state index >= 15 is 0 Å². The number of furan rings is 1. The number of aromatic nitrogens is 2. The van der Waals surface area contributed by atoms with Crippen molar-refractivity contribution < 1.29 is 9.21 Å². The van der Waals surface area contributed by atoms with Crippen molar-refractivity contribution in [1.82, 2.24) is 20.0 Å². The summed E-state index contributed by atoms with van der Waals surface area (Å²) in [5.41, 5.74) is 1.78. The summed E-state index contributed by atoms with van der Waals surface area (Å²) in [6.07, 6.45) is 5.37. The van der Waals surface area contributed by atoms with Crippen LogP contribution in [0.5, 0.6) is 0 Å². The van der Waals surface area contributed by atoms with Crippen molar-refractivity contribution in [3.8, 4) is 17.1 Å². The third-order valence-electron chi connectivity index (χ3n) is 4.93. The molecule has 0 spiro atoms. The number of rotatable bonds is 6. The summed E-state index contributed by atoms with van der Waals surface area (Å²) in [7, 11) is 0. The molecule has 0 radical (unpaired) electrons. The van der Waals surface area contributed by atoms with E-state index in [-0.39, 0.29) is 5.91 Å². The molecular weight excluding hydrogens is 376 g/mol. The summed E-state index contributed by atoms with van der Waals surface area (Å²) in [6, 6.07) is 12.6. The molecule has 7 heteroatoms. The van der Waals surface area contributed by atoms with E-state index in [4.69, 9.17) is 16.0 Å². The fourth-order valence-corrected chi connectivity index (χ4v) is 3.68. The zero-order valence-electron chi connectivity index (χ0n) is 15.6. The predicted molar refractivity (Wildman–Crippen MR) is 109 cm³/mol. The first-order chi connectivity index (χ1) is 13.7. The van der Waals surface area contributed by atoms with Gasteiger partial charge >= 0.3 is 0 Å². The normalized spacial score (nSPS) is 14.9. The Kier molecular flexibility index (Phi) is 5.78. The van der Waals surface area contributed by atoms with Crippen LogP contribution < -0.4 is 5.32 Å². The van der Waals surface area contributed by atoms with Crippen LogP contribution >= 0.6 is 11.6 Å². The minimum atomic E-state index is -0.165. The minimum absolute atomic E-state index is 0.165. The van der Waals surface area contributed by atoms with Crippen molar-refractivity contribution in [1.29, 1.82) is 0 Å². The molecule has 1 N–H and O–H groups in total. The first kappa shape index (κ1) is 18.8. The summed E-state index contributed by atoms with van der Waals surface area (Å²) in [5.74, 6) is 0.449. The highest BCUT2D eigenvalue weighted by atomic mass is 35.5. The molecular formula is C21H23ClN4O2. The number of amides is 1. The third kappa shape index (κ3) is 4.29. The number of hydrogen-bond donors (Lipinski definition) is 1. The number of benzene rings is 1. The van der Waals surface area contributed by atoms with Crippen molar-refractivity contribution in [3.05, 3.63) is 59.4 Å². The van der Waals surface area contributed by atoms with Crippen molar-refractivity contribution in [2.75, 3.05) is 26.2 Å². The van der Waals surface area contributed by atoms with Crippen LogP contribution in [0.15, 0.2) is 53.1 Å². The summed E-state index contributed by atoms with van der Waals surface area (Å²) >= 11 is 6.14. The predicted octanol–water partition coefficient (Wildman–Crippen LogP) is 4.00. The van der Waals surface area contributed by atoms with Crippen molar-refractivity contribution in [2.45, 2.75) is 19.3 Å². The van der Waals surface area contributed by atoms with Gasteiger partial charge in [0, 0.05) is 24.2 Å². The van der Waals surface area contributed by atoms with Crippen LogP contribution in [-0.2, 0) is 0 Å². The fourth-order valence-electron chi connectivity index (χ4n) is 3.49. The summed E-state index contributed by atoms with van der Waals surface area (Å²) in [4.78, 5) is 15.3. The Bertz CT molecular complexity index is 930. The van der Waals surface area contributed by atoms with E-state index in [2.05, 4.69) is 15.3 Å². The van der Waals surface area contributed by atoms with E-state index in [0.717, 1.165) is 25.3 Å². The first-order valence-corrected chi connectivity index (χ1v) is 9.99. The summed E-state index contributed by atoms with van der Waals surface area (Å²) in [5, 5.41) is 8.19. The van der Waals surface area contributed by atoms with E-state index < -0.39 is 0 Å². The Hall–Kier alpha value is -2.57. The highest BCUT2D eigenvalue weighted by molar-refractivity contribution is 6.30. The van der Waals surface area contributed by atoms with Gasteiger partial charge in [0.25, 0.3) is 5.91 Å². The van der Waals surface area contributed by atoms with Gasteiger partial charge in [0.15, 0.2) is 5.76 Å². The van der Waals surface area contributed by atoms with Gasteiger partial charge in [0.1, 0.15) is 11.4 Å². The standard InChI is InChI=1S/C21H23ClN4O2/c22-16-6-4-7-17(14-16)26-19(15-18(24-26)20-8-5-13-28-20)21(27)23-9-12-25-10-2-1-3-11-25/h4-8,13-15H,1-3,9-12H2,(H,23,27). The van der Waals surface area contributed by atoms with Crippen LogP contribution in [0.1, 0.15) is 29.8 Å². The van der Waals surface area contributed by atoms with Gasteiger partial charge in [-0.3, -0.25) is 4.79 Å². The molecule has 0 unspecified atom stereocenters. The fraction of sp³-hybridized carbons (Fsp3) is 0.333. The zero-order chi connectivity index (χ0) is 19.3. The van der Waals surface area contributed by atoms with E-state index in [0.29, 0.717) is 28.7 Å². The van der Waals surface area contributed by atoms with Crippen LogP contribution in [0.4, 0.5) is 0 Å². The topological polar surface area (TPSA) is 63.3 Å². The van der Waals surface area contributed by atoms with Crippen LogP contribution in [0.25, 0.3) is 17.1 Å². The lowest BCUT2D eigenvalue weighted by molar-refractivity contribution is 0.0939. The maximum atomic E-state index is 12.9. The Morgan fingerprint density at radius 1 is 1.14 bits per heavy atom. The number of piperidine rings is 1. The number of hydrogen-bond acceptors (Lipinski definition) is 4. The second-order valence-electron chi connectivity index (χ2n) is 6.94. The Labute approximate surface area is 169 Å². The highest BCUT2D eigenvalue weighted by Gasteiger charge is 2.19. The molecule has 0 atom stereocenters. The lowest BCUT2D eigenvalue weighted by Gasteiger charge is -2.26. The monoisotopic (exact) mass is 398 g/mol. The van der Waals surface area contributed by atoms with Crippen LogP contribution in [-0.4, -0.2) is 46.8 Å². The first-order valence-electron chi connectivity index (χ1n) is 9.61. The Balaban J connectivity index is 1.54. The van der Waals surface area contributed by atoms with E-state index in [9.17, 15) is 4.79 Å². The number of carbonyl (C=O) groups is 1. The number of carbonyl (C=O) groups excluding carboxylic acids is 1. The molecule has 2 aromatic heterocycles. The second-order valence-corrected chi connectivity index (χ2v) is 7.38. The molecule has 1 amide bonds. The molecule has 1 fully saturated rings. The van der Waals surface area contributed by atoms with Crippen molar-refractivity contribution in [3.63, 3.8) is 0 Å². The third-order valence-corrected chi connectivity index (χ3v) is 5.17. The van der Waals surface area contributed by atoms with E-state index in [1.807, 2.05) is 18.2 Å². The maximum Gasteiger partial charge on any atom is 0.270 e. The number of likely N-dealkylation sites (tertiary alicyclic amines) is 1. The Morgan fingerprint density at radius 3 is 2.75 bits per heavy atom. The Morgan fingerprint density at radius 2 is 2.00 bits per heavy atom. The molecule has 0 bridgehead atoms. The summed E-state index contributed by atoms with van der Waals surface area (Å²) < 4.78 is 7.06. The molecule has 28 heavy (non-hydrogen) atoms. The second kappa shape index (κ2) is 8.63. The number of nitrogens with one attached hydrogen (secondary N) is 1. The smallest absolute Gasteiger partial charge is 0.270 e. The highest BCUT2D eigenvalue weighted by Crippen LogP contribution is 2.23. The van der Waals surface area contributed by atoms with Gasteiger partial charge in [0.05, 0.1) is 12.0 Å². The lowest BCUT2D eigenvalue weighted by atomic mass is 10.1. The number of nitrogens with zero attached hydrogens (tertiary/aromatic N) is 3. The molecule has 4 rings (SSSR count). The van der Waals surface area contributed by atoms with Crippen LogP contribution in [0, 0.1) is 0 Å². The molecule has 1 aromatic carbocycles. The van der Waals surface area contributed by atoms with Crippen LogP contribution in [0.2, 0.25) is 5.02 Å². The van der Waals surface area contributed by atoms with Gasteiger partial charge in [-0.05, 0) is 56.3 Å². The van der Waals surface area contributed by atoms with Gasteiger partial charge in [-0.25, -0.2) is 4.68 Å². The average Bonchev–Trinajstić information content (AvgIpc) is 3.38. The van der Waals surface area contributed by atoms with Gasteiger partial charge < -0.3 is 14.6 Å². The molecule has 3 aromatic rings. The van der Waals surface area contributed by atoms with Crippen molar-refractivity contribution >= 4 is 17.5 Å². The van der Waals surface area contributed by atoms with Gasteiger partial charge in [-0.1, -0.05) is 24.1 Å². The van der Waals surface area contributed by atoms with Crippen LogP contribution in [0.3, 0.4) is 0 Å². The quantitative estimate of drug-likeness (QED) is 0.681. The zero-order valence-corrected chi connectivity index (χ0v) is 16.4. The molecule has 0 aliphatic carbocycles. The molecule has 3 heterocycles. The minimum Gasteiger partial charge on any atom is -0.463 e. The van der Waals surface area contributed by atoms with E-state index in [1.165, 1.54) is 19.3 Å². The molecule has 0 saturated carbocycles. The molecule has 146 valence electrons. The van der Waals surface area contributed by atoms with Gasteiger partial charge in [0.2, 0.25) is 0 Å². The largest absolute Gasteiger partial charge is 0.463 e. The molecule has 1 aliphatic heterocycles. The van der Waals surface area contributed by atoms with E-state index in [1.54, 1.807) is 35.2 Å². The average molecular weight is 399 g/mol. The van der Waals surface area contributed by atoms with Gasteiger partial charge in [-0.15, -0.1) is 0 Å². The van der Waals surface area contributed by atoms with Crippen molar-refractivity contribution in [2.24, 2.45) is 0 Å². The maximum absolute atomic E-state index is 12.9. The molecule has 6 nitrogen and oxygen atoms in total. The summed E-state index contributed by atoms with van der Waals surface area (Å²) in [6.45, 7) is 3.69. The van der Waals surface area contributed by atoms with Gasteiger partial charge in [-0.2, -0.15) is 5.10 Å². The SMILES string of the molecule is O=C(NCCN1CCCCC1)c1cc(-c2ccco2)nn1-c1cccc(Cl)c1. The number of halogens is 1. The molecule has 1 saturated heterocycles. The lowest BCUT2D eigenvalue weighted by Crippen LogP contribution is -2.38.